The van der Waals surface area contributed by atoms with Crippen LogP contribution in [0.5, 0.6) is 0 Å². The molecule has 0 amide bonds. The van der Waals surface area contributed by atoms with Crippen molar-refractivity contribution >= 4 is 5.69 Å². The molecule has 0 bridgehead atoms. The van der Waals surface area contributed by atoms with Crippen LogP contribution in [-0.2, 0) is 6.42 Å². The number of fused-ring (bicyclic) bond motifs is 1. The lowest BCUT2D eigenvalue weighted by atomic mass is 9.97. The summed E-state index contributed by atoms with van der Waals surface area (Å²) in [6.45, 7) is 5.93. The van der Waals surface area contributed by atoms with Crippen LogP contribution in [0.2, 0.25) is 0 Å². The third-order valence-electron chi connectivity index (χ3n) is 4.98. The van der Waals surface area contributed by atoms with Gasteiger partial charge in [-0.2, -0.15) is 0 Å². The van der Waals surface area contributed by atoms with Crippen LogP contribution in [0.3, 0.4) is 0 Å². The van der Waals surface area contributed by atoms with Gasteiger partial charge in [-0.1, -0.05) is 31.5 Å². The molecule has 2 aliphatic rings. The standard InChI is InChI=1S/C18H28N2/c1-2-12-19-17-10-5-8-16(17)14-20-13-6-9-15-7-3-4-11-18(15)20/h3-4,7,11,16-17,19H,2,5-6,8-10,12-14H2,1H3. The van der Waals surface area contributed by atoms with E-state index >= 15 is 0 Å². The summed E-state index contributed by atoms with van der Waals surface area (Å²) in [6.07, 6.45) is 8.00. The molecule has 1 aliphatic carbocycles. The van der Waals surface area contributed by atoms with Crippen molar-refractivity contribution in [3.63, 3.8) is 0 Å². The van der Waals surface area contributed by atoms with Gasteiger partial charge >= 0.3 is 0 Å². The number of hydrogen-bond acceptors (Lipinski definition) is 2. The fourth-order valence-corrected chi connectivity index (χ4v) is 3.94. The van der Waals surface area contributed by atoms with Gasteiger partial charge in [-0.25, -0.2) is 0 Å². The van der Waals surface area contributed by atoms with Crippen LogP contribution in [0.25, 0.3) is 0 Å². The van der Waals surface area contributed by atoms with E-state index < -0.39 is 0 Å². The van der Waals surface area contributed by atoms with Gasteiger partial charge in [-0.3, -0.25) is 0 Å². The molecule has 0 saturated heterocycles. The summed E-state index contributed by atoms with van der Waals surface area (Å²) in [4.78, 5) is 2.65. The van der Waals surface area contributed by atoms with Gasteiger partial charge in [0.15, 0.2) is 0 Å². The largest absolute Gasteiger partial charge is 0.371 e. The third-order valence-corrected chi connectivity index (χ3v) is 4.98. The van der Waals surface area contributed by atoms with Crippen LogP contribution in [-0.4, -0.2) is 25.7 Å². The Morgan fingerprint density at radius 3 is 3.00 bits per heavy atom. The number of aryl methyl sites for hydroxylation is 1. The van der Waals surface area contributed by atoms with Crippen molar-refractivity contribution in [3.8, 4) is 0 Å². The maximum Gasteiger partial charge on any atom is 0.0398 e. The lowest BCUT2D eigenvalue weighted by Gasteiger charge is -2.35. The van der Waals surface area contributed by atoms with Crippen molar-refractivity contribution in [2.75, 3.05) is 24.5 Å². The highest BCUT2D eigenvalue weighted by atomic mass is 15.1. The average Bonchev–Trinajstić information content (AvgIpc) is 2.93. The van der Waals surface area contributed by atoms with E-state index in [1.165, 1.54) is 63.8 Å². The summed E-state index contributed by atoms with van der Waals surface area (Å²) in [7, 11) is 0. The Morgan fingerprint density at radius 1 is 1.20 bits per heavy atom. The maximum absolute atomic E-state index is 3.77. The molecule has 20 heavy (non-hydrogen) atoms. The molecular formula is C18H28N2. The third kappa shape index (κ3) is 3.01. The predicted molar refractivity (Wildman–Crippen MR) is 86.4 cm³/mol. The Morgan fingerprint density at radius 2 is 2.10 bits per heavy atom. The van der Waals surface area contributed by atoms with Gasteiger partial charge in [-0.15, -0.1) is 0 Å². The van der Waals surface area contributed by atoms with Crippen molar-refractivity contribution in [3.05, 3.63) is 29.8 Å². The molecule has 0 spiro atoms. The molecule has 1 heterocycles. The number of anilines is 1. The van der Waals surface area contributed by atoms with Gasteiger partial charge in [0.05, 0.1) is 0 Å². The molecular weight excluding hydrogens is 244 g/mol. The molecule has 1 aliphatic heterocycles. The second-order valence-electron chi connectivity index (χ2n) is 6.43. The molecule has 1 aromatic carbocycles. The Labute approximate surface area is 123 Å². The molecule has 0 aromatic heterocycles. The van der Waals surface area contributed by atoms with E-state index in [1.807, 2.05) is 0 Å². The minimum atomic E-state index is 0.754. The molecule has 3 rings (SSSR count). The Kier molecular flexibility index (Phi) is 4.62. The topological polar surface area (TPSA) is 15.3 Å². The Hall–Kier alpha value is -1.02. The molecule has 1 aromatic rings. The fraction of sp³-hybridized carbons (Fsp3) is 0.667. The number of hydrogen-bond donors (Lipinski definition) is 1. The monoisotopic (exact) mass is 272 g/mol. The molecule has 110 valence electrons. The molecule has 2 nitrogen and oxygen atoms in total. The lowest BCUT2D eigenvalue weighted by Crippen LogP contribution is -2.41. The van der Waals surface area contributed by atoms with E-state index in [-0.39, 0.29) is 0 Å². The van der Waals surface area contributed by atoms with Crippen LogP contribution in [0.4, 0.5) is 5.69 Å². The van der Waals surface area contributed by atoms with E-state index in [0.29, 0.717) is 0 Å². The number of benzene rings is 1. The van der Waals surface area contributed by atoms with Gasteiger partial charge in [0, 0.05) is 24.8 Å². The van der Waals surface area contributed by atoms with E-state index in [0.717, 1.165) is 12.0 Å². The summed E-state index contributed by atoms with van der Waals surface area (Å²) in [5.74, 6) is 0.840. The van der Waals surface area contributed by atoms with Crippen LogP contribution in [0.15, 0.2) is 24.3 Å². The first-order valence-corrected chi connectivity index (χ1v) is 8.44. The maximum atomic E-state index is 3.77. The van der Waals surface area contributed by atoms with Crippen LogP contribution < -0.4 is 10.2 Å². The minimum Gasteiger partial charge on any atom is -0.371 e. The van der Waals surface area contributed by atoms with Crippen molar-refractivity contribution in [1.29, 1.82) is 0 Å². The number of nitrogens with zero attached hydrogens (tertiary/aromatic N) is 1. The van der Waals surface area contributed by atoms with Gasteiger partial charge in [0.2, 0.25) is 0 Å². The minimum absolute atomic E-state index is 0.754. The molecule has 1 saturated carbocycles. The summed E-state index contributed by atoms with van der Waals surface area (Å²) in [5, 5.41) is 3.77. The molecule has 2 heteroatoms. The van der Waals surface area contributed by atoms with Gasteiger partial charge in [0.1, 0.15) is 0 Å². The van der Waals surface area contributed by atoms with Crippen molar-refractivity contribution < 1.29 is 0 Å². The number of nitrogens with one attached hydrogen (secondary N) is 1. The first-order chi connectivity index (χ1) is 9.88. The van der Waals surface area contributed by atoms with Crippen LogP contribution in [0, 0.1) is 5.92 Å². The van der Waals surface area contributed by atoms with Gasteiger partial charge in [-0.05, 0) is 56.2 Å². The number of rotatable bonds is 5. The van der Waals surface area contributed by atoms with E-state index in [9.17, 15) is 0 Å². The van der Waals surface area contributed by atoms with Crippen molar-refractivity contribution in [2.45, 2.75) is 51.5 Å². The Balaban J connectivity index is 1.66. The summed E-state index contributed by atoms with van der Waals surface area (Å²) < 4.78 is 0. The second-order valence-corrected chi connectivity index (χ2v) is 6.43. The van der Waals surface area contributed by atoms with Crippen LogP contribution in [0.1, 0.15) is 44.6 Å². The van der Waals surface area contributed by atoms with E-state index in [4.69, 9.17) is 0 Å². The molecule has 2 atom stereocenters. The van der Waals surface area contributed by atoms with Crippen LogP contribution >= 0.6 is 0 Å². The normalized spacial score (nSPS) is 25.8. The molecule has 1 fully saturated rings. The predicted octanol–water partition coefficient (Wildman–Crippen LogP) is 3.61. The highest BCUT2D eigenvalue weighted by Gasteiger charge is 2.29. The fourth-order valence-electron chi connectivity index (χ4n) is 3.94. The summed E-state index contributed by atoms with van der Waals surface area (Å²) in [6, 6.07) is 9.76. The van der Waals surface area contributed by atoms with Crippen molar-refractivity contribution in [1.82, 2.24) is 5.32 Å². The van der Waals surface area contributed by atoms with Gasteiger partial charge in [0.25, 0.3) is 0 Å². The van der Waals surface area contributed by atoms with Crippen molar-refractivity contribution in [2.24, 2.45) is 5.92 Å². The first-order valence-electron chi connectivity index (χ1n) is 8.44. The highest BCUT2D eigenvalue weighted by molar-refractivity contribution is 5.55. The smallest absolute Gasteiger partial charge is 0.0398 e. The molecule has 0 radical (unpaired) electrons. The summed E-state index contributed by atoms with van der Waals surface area (Å²) in [5.41, 5.74) is 3.05. The molecule has 2 unspecified atom stereocenters. The average molecular weight is 272 g/mol. The number of para-hydroxylation sites is 1. The van der Waals surface area contributed by atoms with E-state index in [2.05, 4.69) is 41.4 Å². The Bertz CT molecular complexity index is 429. The first kappa shape index (κ1) is 13.9. The zero-order valence-electron chi connectivity index (χ0n) is 12.8. The SMILES string of the molecule is CCCNC1CCCC1CN1CCCc2ccccc21. The summed E-state index contributed by atoms with van der Waals surface area (Å²) >= 11 is 0. The lowest BCUT2D eigenvalue weighted by molar-refractivity contribution is 0.396. The second kappa shape index (κ2) is 6.62. The quantitative estimate of drug-likeness (QED) is 0.881. The van der Waals surface area contributed by atoms with Gasteiger partial charge < -0.3 is 10.2 Å². The highest BCUT2D eigenvalue weighted by Crippen LogP contribution is 2.32. The zero-order chi connectivity index (χ0) is 13.8. The zero-order valence-corrected chi connectivity index (χ0v) is 12.8. The van der Waals surface area contributed by atoms with E-state index in [1.54, 1.807) is 5.56 Å². The molecule has 1 N–H and O–H groups in total.